The molecule has 3 nitrogen and oxygen atoms in total. The molecule has 24 heavy (non-hydrogen) atoms. The van der Waals surface area contributed by atoms with Crippen LogP contribution in [0.5, 0.6) is 0 Å². The average Bonchev–Trinajstić information content (AvgIpc) is 2.59. The number of carbonyl (C=O) groups is 1. The number of fused-ring (bicyclic) bond motifs is 1. The van der Waals surface area contributed by atoms with Crippen LogP contribution in [-0.4, -0.2) is 30.4 Å². The largest absolute Gasteiger partial charge is 0.350 e. The van der Waals surface area contributed by atoms with Gasteiger partial charge in [-0.25, -0.2) is 0 Å². The molecule has 1 aliphatic heterocycles. The molecule has 2 aromatic carbocycles. The van der Waals surface area contributed by atoms with Crippen LogP contribution in [0.25, 0.3) is 0 Å². The predicted octanol–water partition coefficient (Wildman–Crippen LogP) is 3.69. The van der Waals surface area contributed by atoms with Gasteiger partial charge in [-0.2, -0.15) is 0 Å². The zero-order chi connectivity index (χ0) is 17.1. The van der Waals surface area contributed by atoms with E-state index in [-0.39, 0.29) is 5.91 Å². The summed E-state index contributed by atoms with van der Waals surface area (Å²) in [6, 6.07) is 14.2. The van der Waals surface area contributed by atoms with Crippen LogP contribution in [0.1, 0.15) is 34.0 Å². The molecule has 1 amide bonds. The number of rotatable bonds is 4. The lowest BCUT2D eigenvalue weighted by molar-refractivity contribution is 0.0934. The number of aryl methyl sites for hydroxylation is 1. The summed E-state index contributed by atoms with van der Waals surface area (Å²) in [6.45, 7) is 3.62. The van der Waals surface area contributed by atoms with Crippen LogP contribution in [-0.2, 0) is 19.4 Å². The van der Waals surface area contributed by atoms with E-state index in [0.29, 0.717) is 12.6 Å². The van der Waals surface area contributed by atoms with Crippen molar-refractivity contribution in [3.05, 3.63) is 69.7 Å². The van der Waals surface area contributed by atoms with Crippen molar-refractivity contribution < 1.29 is 4.79 Å². The lowest BCUT2D eigenvalue weighted by atomic mass is 9.94. The summed E-state index contributed by atoms with van der Waals surface area (Å²) < 4.78 is 0. The van der Waals surface area contributed by atoms with E-state index in [0.717, 1.165) is 30.0 Å². The number of hydrogen-bond acceptors (Lipinski definition) is 2. The van der Waals surface area contributed by atoms with Crippen LogP contribution in [0.3, 0.4) is 0 Å². The van der Waals surface area contributed by atoms with E-state index in [1.54, 1.807) is 0 Å². The summed E-state index contributed by atoms with van der Waals surface area (Å²) in [7, 11) is 2.09. The zero-order valence-electron chi connectivity index (χ0n) is 14.2. The molecule has 0 spiro atoms. The summed E-state index contributed by atoms with van der Waals surface area (Å²) in [4.78, 5) is 14.6. The Bertz CT molecular complexity index is 727. The average molecular weight is 343 g/mol. The van der Waals surface area contributed by atoms with E-state index in [9.17, 15) is 4.79 Å². The third kappa shape index (κ3) is 3.80. The van der Waals surface area contributed by atoms with E-state index >= 15 is 0 Å². The van der Waals surface area contributed by atoms with Gasteiger partial charge < -0.3 is 5.32 Å². The second kappa shape index (κ2) is 7.37. The number of carbonyl (C=O) groups excluding carboxylic acids is 1. The molecule has 0 aliphatic carbocycles. The second-order valence-electron chi connectivity index (χ2n) is 6.45. The van der Waals surface area contributed by atoms with E-state index in [1.165, 1.54) is 16.7 Å². The number of nitrogens with one attached hydrogen (secondary N) is 1. The summed E-state index contributed by atoms with van der Waals surface area (Å²) >= 11 is 6.08. The molecule has 0 bridgehead atoms. The third-order valence-corrected chi connectivity index (χ3v) is 5.02. The molecule has 4 heteroatoms. The molecule has 1 atom stereocenters. The van der Waals surface area contributed by atoms with Crippen molar-refractivity contribution >= 4 is 17.5 Å². The SMILES string of the molecule is CCc1ccc(C(=O)NC[C@@H]2Cc3ccc(Cl)cc3CN2C)cc1. The minimum atomic E-state index is -0.00652. The Hall–Kier alpha value is -1.84. The van der Waals surface area contributed by atoms with Gasteiger partial charge in [-0.05, 0) is 60.8 Å². The van der Waals surface area contributed by atoms with Crippen molar-refractivity contribution in [1.82, 2.24) is 10.2 Å². The second-order valence-corrected chi connectivity index (χ2v) is 6.88. The maximum absolute atomic E-state index is 12.3. The first kappa shape index (κ1) is 17.0. The van der Waals surface area contributed by atoms with E-state index in [4.69, 9.17) is 11.6 Å². The number of nitrogens with zero attached hydrogens (tertiary/aromatic N) is 1. The van der Waals surface area contributed by atoms with Gasteiger partial charge in [0.2, 0.25) is 0 Å². The molecule has 1 aliphatic rings. The first-order chi connectivity index (χ1) is 11.6. The van der Waals surface area contributed by atoms with Crippen molar-refractivity contribution in [2.45, 2.75) is 32.4 Å². The molecule has 0 fully saturated rings. The van der Waals surface area contributed by atoms with Gasteiger partial charge in [-0.15, -0.1) is 0 Å². The standard InChI is InChI=1S/C20H23ClN2O/c1-3-14-4-6-15(7-5-14)20(24)22-12-19-11-16-8-9-18(21)10-17(16)13-23(19)2/h4-10,19H,3,11-13H2,1-2H3,(H,22,24)/t19-/m0/s1. The fourth-order valence-electron chi connectivity index (χ4n) is 3.18. The summed E-state index contributed by atoms with van der Waals surface area (Å²) in [5.41, 5.74) is 4.57. The van der Waals surface area contributed by atoms with Gasteiger partial charge >= 0.3 is 0 Å². The van der Waals surface area contributed by atoms with Crippen LogP contribution in [0.4, 0.5) is 0 Å². The van der Waals surface area contributed by atoms with Gasteiger partial charge in [-0.1, -0.05) is 36.7 Å². The quantitative estimate of drug-likeness (QED) is 0.919. The number of likely N-dealkylation sites (N-methyl/N-ethyl adjacent to an activating group) is 1. The Labute approximate surface area is 148 Å². The van der Waals surface area contributed by atoms with Crippen LogP contribution >= 0.6 is 11.6 Å². The van der Waals surface area contributed by atoms with Crippen molar-refractivity contribution in [2.24, 2.45) is 0 Å². The number of amides is 1. The van der Waals surface area contributed by atoms with Crippen molar-refractivity contribution in [1.29, 1.82) is 0 Å². The fraction of sp³-hybridized carbons (Fsp3) is 0.350. The Balaban J connectivity index is 1.61. The monoisotopic (exact) mass is 342 g/mol. The Morgan fingerprint density at radius 3 is 2.67 bits per heavy atom. The highest BCUT2D eigenvalue weighted by molar-refractivity contribution is 6.30. The molecule has 126 valence electrons. The molecular formula is C20H23ClN2O. The first-order valence-corrected chi connectivity index (χ1v) is 8.79. The molecule has 1 heterocycles. The van der Waals surface area contributed by atoms with Gasteiger partial charge in [-0.3, -0.25) is 9.69 Å². The van der Waals surface area contributed by atoms with E-state index in [2.05, 4.69) is 30.3 Å². The van der Waals surface area contributed by atoms with E-state index in [1.807, 2.05) is 36.4 Å². The minimum absolute atomic E-state index is 0.00652. The van der Waals surface area contributed by atoms with E-state index < -0.39 is 0 Å². The third-order valence-electron chi connectivity index (χ3n) is 4.79. The number of hydrogen-bond donors (Lipinski definition) is 1. The normalized spacial score (nSPS) is 17.4. The maximum Gasteiger partial charge on any atom is 0.251 e. The van der Waals surface area contributed by atoms with Crippen LogP contribution in [0.2, 0.25) is 5.02 Å². The first-order valence-electron chi connectivity index (χ1n) is 8.41. The minimum Gasteiger partial charge on any atom is -0.350 e. The molecule has 3 rings (SSSR count). The van der Waals surface area contributed by atoms with Gasteiger partial charge in [0.1, 0.15) is 0 Å². The highest BCUT2D eigenvalue weighted by Crippen LogP contribution is 2.24. The predicted molar refractivity (Wildman–Crippen MR) is 98.6 cm³/mol. The molecular weight excluding hydrogens is 320 g/mol. The lowest BCUT2D eigenvalue weighted by Gasteiger charge is -2.34. The summed E-state index contributed by atoms with van der Waals surface area (Å²) in [5.74, 6) is -0.00652. The van der Waals surface area contributed by atoms with Gasteiger partial charge in [0.15, 0.2) is 0 Å². The highest BCUT2D eigenvalue weighted by atomic mass is 35.5. The Kier molecular flexibility index (Phi) is 5.22. The Morgan fingerprint density at radius 1 is 1.21 bits per heavy atom. The van der Waals surface area contributed by atoms with Crippen molar-refractivity contribution in [3.8, 4) is 0 Å². The number of halogens is 1. The van der Waals surface area contributed by atoms with Crippen molar-refractivity contribution in [3.63, 3.8) is 0 Å². The number of benzene rings is 2. The molecule has 1 N–H and O–H groups in total. The zero-order valence-corrected chi connectivity index (χ0v) is 14.9. The van der Waals surface area contributed by atoms with Crippen LogP contribution in [0.15, 0.2) is 42.5 Å². The van der Waals surface area contributed by atoms with Gasteiger partial charge in [0, 0.05) is 29.7 Å². The summed E-state index contributed by atoms with van der Waals surface area (Å²) in [6.07, 6.45) is 1.91. The fourth-order valence-corrected chi connectivity index (χ4v) is 3.38. The smallest absolute Gasteiger partial charge is 0.251 e. The van der Waals surface area contributed by atoms with Crippen LogP contribution in [0, 0.1) is 0 Å². The molecule has 0 unspecified atom stereocenters. The molecule has 0 saturated heterocycles. The molecule has 2 aromatic rings. The summed E-state index contributed by atoms with van der Waals surface area (Å²) in [5, 5.41) is 3.85. The Morgan fingerprint density at radius 2 is 1.96 bits per heavy atom. The topological polar surface area (TPSA) is 32.3 Å². The lowest BCUT2D eigenvalue weighted by Crippen LogP contribution is -2.45. The molecule has 0 radical (unpaired) electrons. The molecule has 0 saturated carbocycles. The molecule has 0 aromatic heterocycles. The van der Waals surface area contributed by atoms with Crippen molar-refractivity contribution in [2.75, 3.05) is 13.6 Å². The van der Waals surface area contributed by atoms with Gasteiger partial charge in [0.25, 0.3) is 5.91 Å². The maximum atomic E-state index is 12.3. The van der Waals surface area contributed by atoms with Gasteiger partial charge in [0.05, 0.1) is 0 Å². The highest BCUT2D eigenvalue weighted by Gasteiger charge is 2.23. The van der Waals surface area contributed by atoms with Crippen LogP contribution < -0.4 is 5.32 Å².